The van der Waals surface area contributed by atoms with Crippen molar-refractivity contribution in [2.75, 3.05) is 26.5 Å². The number of amides is 1. The van der Waals surface area contributed by atoms with Gasteiger partial charge >= 0.3 is 0 Å². The average Bonchev–Trinajstić information content (AvgIpc) is 3.23. The van der Waals surface area contributed by atoms with Crippen molar-refractivity contribution in [1.82, 2.24) is 15.1 Å². The van der Waals surface area contributed by atoms with E-state index in [0.29, 0.717) is 24.1 Å². The van der Waals surface area contributed by atoms with Crippen LogP contribution in [0.4, 0.5) is 4.39 Å². The van der Waals surface area contributed by atoms with Crippen LogP contribution in [0.1, 0.15) is 28.2 Å². The molecule has 1 aromatic carbocycles. The average molecular weight is 335 g/mol. The van der Waals surface area contributed by atoms with E-state index < -0.39 is 17.8 Å². The number of rotatable bonds is 2. The number of halogens is 1. The normalized spacial score (nSPS) is 19.6. The summed E-state index contributed by atoms with van der Waals surface area (Å²) in [7, 11) is 0. The minimum absolute atomic E-state index is 0.0357. The predicted octanol–water partition coefficient (Wildman–Crippen LogP) is 1.46. The maximum Gasteiger partial charge on any atom is 0.260 e. The summed E-state index contributed by atoms with van der Waals surface area (Å²) in [5.74, 6) is 0.0620. The summed E-state index contributed by atoms with van der Waals surface area (Å²) in [6, 6.07) is 2.64. The summed E-state index contributed by atoms with van der Waals surface area (Å²) in [6.45, 7) is 2.43. The lowest BCUT2D eigenvalue weighted by Crippen LogP contribution is -2.42. The van der Waals surface area contributed by atoms with Crippen molar-refractivity contribution in [3.05, 3.63) is 35.3 Å². The van der Waals surface area contributed by atoms with Crippen LogP contribution in [0.15, 0.2) is 16.5 Å². The number of benzene rings is 1. The molecule has 1 saturated heterocycles. The van der Waals surface area contributed by atoms with E-state index in [1.54, 1.807) is 6.92 Å². The van der Waals surface area contributed by atoms with E-state index in [-0.39, 0.29) is 31.3 Å². The number of carbonyl (C=O) groups is 1. The van der Waals surface area contributed by atoms with Crippen LogP contribution in [-0.2, 0) is 4.74 Å². The van der Waals surface area contributed by atoms with E-state index in [0.717, 1.165) is 0 Å². The summed E-state index contributed by atoms with van der Waals surface area (Å²) in [5.41, 5.74) is -0.132. The van der Waals surface area contributed by atoms with Crippen molar-refractivity contribution in [2.45, 2.75) is 13.0 Å². The Morgan fingerprint density at radius 1 is 1.33 bits per heavy atom. The van der Waals surface area contributed by atoms with Gasteiger partial charge in [0.15, 0.2) is 17.6 Å². The molecule has 1 aromatic heterocycles. The molecule has 0 radical (unpaired) electrons. The summed E-state index contributed by atoms with van der Waals surface area (Å²) >= 11 is 0. The molecule has 8 nitrogen and oxygen atoms in total. The fraction of sp³-hybridized carbons (Fsp3) is 0.400. The molecule has 0 N–H and O–H groups in total. The molecule has 2 aliphatic heterocycles. The highest BCUT2D eigenvalue weighted by molar-refractivity contribution is 5.98. The third-order valence-electron chi connectivity index (χ3n) is 3.87. The first-order valence-corrected chi connectivity index (χ1v) is 7.42. The molecule has 1 atom stereocenters. The van der Waals surface area contributed by atoms with E-state index >= 15 is 0 Å². The number of aromatic nitrogens is 2. The molecule has 1 fully saturated rings. The fourth-order valence-electron chi connectivity index (χ4n) is 2.73. The Labute approximate surface area is 136 Å². The Hall–Kier alpha value is -2.68. The van der Waals surface area contributed by atoms with Crippen LogP contribution in [0, 0.1) is 12.7 Å². The maximum atomic E-state index is 14.2. The van der Waals surface area contributed by atoms with E-state index in [1.165, 1.54) is 17.0 Å². The second kappa shape index (κ2) is 5.75. The van der Waals surface area contributed by atoms with Gasteiger partial charge in [-0.2, -0.15) is 0 Å². The lowest BCUT2D eigenvalue weighted by atomic mass is 10.1. The van der Waals surface area contributed by atoms with Crippen LogP contribution in [-0.4, -0.2) is 47.5 Å². The number of fused-ring (bicyclic) bond motifs is 1. The molecule has 0 saturated carbocycles. The molecule has 4 rings (SSSR count). The number of aryl methyl sites for hydroxylation is 1. The van der Waals surface area contributed by atoms with E-state index in [1.807, 2.05) is 0 Å². The maximum absolute atomic E-state index is 14.2. The van der Waals surface area contributed by atoms with E-state index in [4.69, 9.17) is 18.6 Å². The second-order valence-electron chi connectivity index (χ2n) is 5.43. The molecule has 126 valence electrons. The number of carbonyl (C=O) groups excluding carboxylic acids is 1. The monoisotopic (exact) mass is 335 g/mol. The Balaban J connectivity index is 1.60. The first kappa shape index (κ1) is 14.9. The Morgan fingerprint density at radius 3 is 3.00 bits per heavy atom. The first-order valence-electron chi connectivity index (χ1n) is 7.42. The number of nitrogens with zero attached hydrogens (tertiary/aromatic N) is 3. The molecule has 0 spiro atoms. The molecular formula is C15H14FN3O5. The summed E-state index contributed by atoms with van der Waals surface area (Å²) in [6.07, 6.45) is -0.541. The van der Waals surface area contributed by atoms with Gasteiger partial charge in [0.2, 0.25) is 18.6 Å². The van der Waals surface area contributed by atoms with Gasteiger partial charge in [-0.25, -0.2) is 4.39 Å². The molecule has 0 bridgehead atoms. The largest absolute Gasteiger partial charge is 0.454 e. The van der Waals surface area contributed by atoms with Crippen LogP contribution >= 0.6 is 0 Å². The van der Waals surface area contributed by atoms with Gasteiger partial charge in [0, 0.05) is 13.5 Å². The van der Waals surface area contributed by atoms with Gasteiger partial charge < -0.3 is 23.5 Å². The van der Waals surface area contributed by atoms with Gasteiger partial charge in [0.1, 0.15) is 11.4 Å². The highest BCUT2D eigenvalue weighted by Gasteiger charge is 2.34. The Kier molecular flexibility index (Phi) is 3.57. The van der Waals surface area contributed by atoms with Gasteiger partial charge in [-0.1, -0.05) is 0 Å². The van der Waals surface area contributed by atoms with Gasteiger partial charge in [-0.15, -0.1) is 10.2 Å². The summed E-state index contributed by atoms with van der Waals surface area (Å²) in [5, 5.41) is 7.67. The first-order chi connectivity index (χ1) is 11.6. The van der Waals surface area contributed by atoms with E-state index in [9.17, 15) is 9.18 Å². The second-order valence-corrected chi connectivity index (χ2v) is 5.43. The standard InChI is InChI=1S/C15H14FN3O5/c1-8-17-18-14(24-8)11-6-19(4-5-21-11)15(20)12-9(16)2-3-10-13(12)23-7-22-10/h2-3,11H,4-7H2,1H3. The van der Waals surface area contributed by atoms with E-state index in [2.05, 4.69) is 10.2 Å². The quantitative estimate of drug-likeness (QED) is 0.821. The van der Waals surface area contributed by atoms with Crippen molar-refractivity contribution in [3.8, 4) is 11.5 Å². The molecule has 9 heteroatoms. The van der Waals surface area contributed by atoms with Gasteiger partial charge in [0.25, 0.3) is 5.91 Å². The molecular weight excluding hydrogens is 321 g/mol. The predicted molar refractivity (Wildman–Crippen MR) is 76.2 cm³/mol. The fourth-order valence-corrected chi connectivity index (χ4v) is 2.73. The van der Waals surface area contributed by atoms with Crippen molar-refractivity contribution in [1.29, 1.82) is 0 Å². The Bertz CT molecular complexity index is 793. The third-order valence-corrected chi connectivity index (χ3v) is 3.87. The van der Waals surface area contributed by atoms with Gasteiger partial charge in [-0.3, -0.25) is 4.79 Å². The zero-order chi connectivity index (χ0) is 16.7. The molecule has 2 aromatic rings. The van der Waals surface area contributed by atoms with Crippen LogP contribution < -0.4 is 9.47 Å². The van der Waals surface area contributed by atoms with Crippen LogP contribution in [0.25, 0.3) is 0 Å². The summed E-state index contributed by atoms with van der Waals surface area (Å²) < 4.78 is 35.6. The number of hydrogen-bond donors (Lipinski definition) is 0. The molecule has 1 unspecified atom stereocenters. The highest BCUT2D eigenvalue weighted by atomic mass is 19.1. The van der Waals surface area contributed by atoms with Crippen LogP contribution in [0.3, 0.4) is 0 Å². The highest BCUT2D eigenvalue weighted by Crippen LogP contribution is 2.38. The van der Waals surface area contributed by atoms with Crippen molar-refractivity contribution >= 4 is 5.91 Å². The van der Waals surface area contributed by atoms with Crippen LogP contribution in [0.5, 0.6) is 11.5 Å². The molecule has 0 aliphatic carbocycles. The Morgan fingerprint density at radius 2 is 2.21 bits per heavy atom. The zero-order valence-electron chi connectivity index (χ0n) is 12.8. The van der Waals surface area contributed by atoms with Crippen LogP contribution in [0.2, 0.25) is 0 Å². The lowest BCUT2D eigenvalue weighted by Gasteiger charge is -2.31. The van der Waals surface area contributed by atoms with Crippen molar-refractivity contribution in [2.24, 2.45) is 0 Å². The van der Waals surface area contributed by atoms with Crippen molar-refractivity contribution in [3.63, 3.8) is 0 Å². The SMILES string of the molecule is Cc1nnc(C2CN(C(=O)c3c(F)ccc4c3OCO4)CCO2)o1. The van der Waals surface area contributed by atoms with Gasteiger partial charge in [0.05, 0.1) is 13.2 Å². The minimum Gasteiger partial charge on any atom is -0.454 e. The topological polar surface area (TPSA) is 86.9 Å². The zero-order valence-corrected chi connectivity index (χ0v) is 12.8. The lowest BCUT2D eigenvalue weighted by molar-refractivity contribution is -0.0351. The third kappa shape index (κ3) is 2.46. The summed E-state index contributed by atoms with van der Waals surface area (Å²) in [4.78, 5) is 14.3. The molecule has 3 heterocycles. The number of ether oxygens (including phenoxy) is 3. The minimum atomic E-state index is -0.652. The molecule has 2 aliphatic rings. The van der Waals surface area contributed by atoms with Gasteiger partial charge in [-0.05, 0) is 12.1 Å². The smallest absolute Gasteiger partial charge is 0.260 e. The molecule has 1 amide bonds. The van der Waals surface area contributed by atoms with Crippen molar-refractivity contribution < 1.29 is 27.8 Å². The number of hydrogen-bond acceptors (Lipinski definition) is 7. The molecule has 24 heavy (non-hydrogen) atoms. The number of morpholine rings is 1.